The second-order valence-electron chi connectivity index (χ2n) is 2.78. The third-order valence-electron chi connectivity index (χ3n) is 1.70. The lowest BCUT2D eigenvalue weighted by Crippen LogP contribution is -2.06. The van der Waals surface area contributed by atoms with E-state index in [2.05, 4.69) is 5.32 Å². The van der Waals surface area contributed by atoms with Crippen LogP contribution in [0.4, 0.5) is 0 Å². The van der Waals surface area contributed by atoms with E-state index in [1.165, 1.54) is 0 Å². The van der Waals surface area contributed by atoms with Crippen LogP contribution >= 0.6 is 0 Å². The van der Waals surface area contributed by atoms with Crippen molar-refractivity contribution in [3.05, 3.63) is 42.0 Å². The van der Waals surface area contributed by atoms with Crippen molar-refractivity contribution in [1.29, 1.82) is 0 Å². The van der Waals surface area contributed by atoms with Crippen LogP contribution in [0.2, 0.25) is 0 Å². The highest BCUT2D eigenvalue weighted by molar-refractivity contribution is 5.94. The Kier molecular flexibility index (Phi) is 3.26. The SMILES string of the molecule is CNC(=CC(C)=O)c1ccccc1. The summed E-state index contributed by atoms with van der Waals surface area (Å²) in [4.78, 5) is 10.9. The van der Waals surface area contributed by atoms with Gasteiger partial charge in [0, 0.05) is 18.8 Å². The molecule has 0 bridgehead atoms. The van der Waals surface area contributed by atoms with Gasteiger partial charge in [0.1, 0.15) is 0 Å². The normalized spacial score (nSPS) is 11.1. The van der Waals surface area contributed by atoms with Crippen molar-refractivity contribution in [1.82, 2.24) is 5.32 Å². The lowest BCUT2D eigenvalue weighted by Gasteiger charge is -2.05. The highest BCUT2D eigenvalue weighted by Crippen LogP contribution is 2.09. The molecule has 0 aromatic heterocycles. The molecule has 0 radical (unpaired) electrons. The van der Waals surface area contributed by atoms with Gasteiger partial charge in [0.2, 0.25) is 0 Å². The Morgan fingerprint density at radius 2 is 1.92 bits per heavy atom. The molecule has 1 aromatic rings. The minimum absolute atomic E-state index is 0.0493. The van der Waals surface area contributed by atoms with Gasteiger partial charge in [0.15, 0.2) is 5.78 Å². The van der Waals surface area contributed by atoms with E-state index in [0.29, 0.717) is 0 Å². The number of hydrogen-bond donors (Lipinski definition) is 1. The first-order chi connectivity index (χ1) is 6.24. The van der Waals surface area contributed by atoms with E-state index in [0.717, 1.165) is 11.3 Å². The summed E-state index contributed by atoms with van der Waals surface area (Å²) in [5, 5.41) is 2.99. The zero-order chi connectivity index (χ0) is 9.68. The molecule has 0 saturated carbocycles. The summed E-state index contributed by atoms with van der Waals surface area (Å²) >= 11 is 0. The Morgan fingerprint density at radius 3 is 2.38 bits per heavy atom. The average Bonchev–Trinajstić information content (AvgIpc) is 2.15. The van der Waals surface area contributed by atoms with E-state index in [1.54, 1.807) is 13.0 Å². The quantitative estimate of drug-likeness (QED) is 0.710. The van der Waals surface area contributed by atoms with Crippen LogP contribution in [0, 0.1) is 0 Å². The standard InChI is InChI=1S/C11H13NO/c1-9(13)8-11(12-2)10-6-4-3-5-7-10/h3-8,12H,1-2H3. The lowest BCUT2D eigenvalue weighted by molar-refractivity contribution is -0.112. The summed E-state index contributed by atoms with van der Waals surface area (Å²) in [6.07, 6.45) is 1.59. The Bertz CT molecular complexity index is 314. The maximum Gasteiger partial charge on any atom is 0.154 e. The number of hydrogen-bond acceptors (Lipinski definition) is 2. The van der Waals surface area contributed by atoms with E-state index >= 15 is 0 Å². The van der Waals surface area contributed by atoms with Crippen LogP contribution < -0.4 is 5.32 Å². The Balaban J connectivity index is 2.98. The van der Waals surface area contributed by atoms with Crippen LogP contribution in [0.25, 0.3) is 5.70 Å². The molecule has 0 fully saturated rings. The summed E-state index contributed by atoms with van der Waals surface area (Å²) in [7, 11) is 1.81. The molecule has 2 heteroatoms. The average molecular weight is 175 g/mol. The second kappa shape index (κ2) is 4.45. The van der Waals surface area contributed by atoms with Gasteiger partial charge in [-0.25, -0.2) is 0 Å². The van der Waals surface area contributed by atoms with E-state index in [4.69, 9.17) is 0 Å². The third-order valence-corrected chi connectivity index (χ3v) is 1.70. The van der Waals surface area contributed by atoms with Crippen LogP contribution in [-0.4, -0.2) is 12.8 Å². The summed E-state index contributed by atoms with van der Waals surface area (Å²) in [6.45, 7) is 1.54. The predicted molar refractivity (Wildman–Crippen MR) is 54.2 cm³/mol. The van der Waals surface area contributed by atoms with E-state index in [9.17, 15) is 4.79 Å². The van der Waals surface area contributed by atoms with Crippen LogP contribution in [0.3, 0.4) is 0 Å². The van der Waals surface area contributed by atoms with Crippen molar-refractivity contribution in [3.8, 4) is 0 Å². The molecule has 68 valence electrons. The van der Waals surface area contributed by atoms with Gasteiger partial charge in [0.05, 0.1) is 0 Å². The molecule has 0 aliphatic carbocycles. The number of rotatable bonds is 3. The number of nitrogens with one attached hydrogen (secondary N) is 1. The van der Waals surface area contributed by atoms with Gasteiger partial charge in [-0.05, 0) is 12.5 Å². The maximum absolute atomic E-state index is 10.9. The molecule has 0 atom stereocenters. The van der Waals surface area contributed by atoms with Crippen molar-refractivity contribution in [3.63, 3.8) is 0 Å². The van der Waals surface area contributed by atoms with Crippen molar-refractivity contribution >= 4 is 11.5 Å². The first kappa shape index (κ1) is 9.52. The van der Waals surface area contributed by atoms with Crippen molar-refractivity contribution in [2.75, 3.05) is 7.05 Å². The number of allylic oxidation sites excluding steroid dienone is 1. The number of carbonyl (C=O) groups is 1. The summed E-state index contributed by atoms with van der Waals surface area (Å²) in [5.41, 5.74) is 1.88. The van der Waals surface area contributed by atoms with Crippen LogP contribution in [0.5, 0.6) is 0 Å². The number of ketones is 1. The fourth-order valence-corrected chi connectivity index (χ4v) is 1.12. The van der Waals surface area contributed by atoms with Gasteiger partial charge in [-0.3, -0.25) is 4.79 Å². The smallest absolute Gasteiger partial charge is 0.154 e. The van der Waals surface area contributed by atoms with Crippen molar-refractivity contribution < 1.29 is 4.79 Å². The molecule has 0 aliphatic rings. The number of carbonyl (C=O) groups excluding carboxylic acids is 1. The molecule has 0 heterocycles. The highest BCUT2D eigenvalue weighted by atomic mass is 16.1. The van der Waals surface area contributed by atoms with E-state index < -0.39 is 0 Å². The predicted octanol–water partition coefficient (Wildman–Crippen LogP) is 1.84. The van der Waals surface area contributed by atoms with Crippen LogP contribution in [0.15, 0.2) is 36.4 Å². The van der Waals surface area contributed by atoms with Crippen LogP contribution in [0.1, 0.15) is 12.5 Å². The first-order valence-electron chi connectivity index (χ1n) is 4.19. The third kappa shape index (κ3) is 2.75. The fourth-order valence-electron chi connectivity index (χ4n) is 1.12. The fraction of sp³-hybridized carbons (Fsp3) is 0.182. The van der Waals surface area contributed by atoms with Crippen molar-refractivity contribution in [2.24, 2.45) is 0 Å². The van der Waals surface area contributed by atoms with Gasteiger partial charge in [-0.2, -0.15) is 0 Å². The molecular formula is C11H13NO. The molecule has 0 saturated heterocycles. The molecule has 0 spiro atoms. The summed E-state index contributed by atoms with van der Waals surface area (Å²) < 4.78 is 0. The monoisotopic (exact) mass is 175 g/mol. The summed E-state index contributed by atoms with van der Waals surface area (Å²) in [5.74, 6) is 0.0493. The lowest BCUT2D eigenvalue weighted by atomic mass is 10.1. The van der Waals surface area contributed by atoms with E-state index in [-0.39, 0.29) is 5.78 Å². The Labute approximate surface area is 78.3 Å². The largest absolute Gasteiger partial charge is 0.388 e. The highest BCUT2D eigenvalue weighted by Gasteiger charge is 1.98. The summed E-state index contributed by atoms with van der Waals surface area (Å²) in [6, 6.07) is 9.77. The van der Waals surface area contributed by atoms with Crippen LogP contribution in [-0.2, 0) is 4.79 Å². The molecular weight excluding hydrogens is 162 g/mol. The molecule has 0 unspecified atom stereocenters. The van der Waals surface area contributed by atoms with Gasteiger partial charge in [-0.1, -0.05) is 30.3 Å². The zero-order valence-corrected chi connectivity index (χ0v) is 7.87. The topological polar surface area (TPSA) is 29.1 Å². The Hall–Kier alpha value is -1.57. The molecule has 0 amide bonds. The number of benzene rings is 1. The van der Waals surface area contributed by atoms with Gasteiger partial charge >= 0.3 is 0 Å². The second-order valence-corrected chi connectivity index (χ2v) is 2.78. The van der Waals surface area contributed by atoms with Gasteiger partial charge in [-0.15, -0.1) is 0 Å². The minimum atomic E-state index is 0.0493. The molecule has 1 rings (SSSR count). The Morgan fingerprint density at radius 1 is 1.31 bits per heavy atom. The molecule has 1 aromatic carbocycles. The van der Waals surface area contributed by atoms with Crippen molar-refractivity contribution in [2.45, 2.75) is 6.92 Å². The van der Waals surface area contributed by atoms with E-state index in [1.807, 2.05) is 37.4 Å². The molecule has 2 nitrogen and oxygen atoms in total. The minimum Gasteiger partial charge on any atom is -0.388 e. The maximum atomic E-state index is 10.9. The molecule has 0 aliphatic heterocycles. The zero-order valence-electron chi connectivity index (χ0n) is 7.87. The first-order valence-corrected chi connectivity index (χ1v) is 4.19. The van der Waals surface area contributed by atoms with Gasteiger partial charge in [0.25, 0.3) is 0 Å². The van der Waals surface area contributed by atoms with Gasteiger partial charge < -0.3 is 5.32 Å². The molecule has 13 heavy (non-hydrogen) atoms. The molecule has 1 N–H and O–H groups in total.